The Morgan fingerprint density at radius 2 is 1.61 bits per heavy atom. The predicted octanol–water partition coefficient (Wildman–Crippen LogP) is 4.61. The van der Waals surface area contributed by atoms with E-state index in [1.807, 2.05) is 24.3 Å². The minimum Gasteiger partial charge on any atom is -0.481 e. The van der Waals surface area contributed by atoms with E-state index in [2.05, 4.69) is 0 Å². The molecule has 2 aromatic carbocycles. The molecule has 2 fully saturated rings. The van der Waals surface area contributed by atoms with Crippen LogP contribution < -0.4 is 0 Å². The van der Waals surface area contributed by atoms with E-state index in [0.717, 1.165) is 27.8 Å². The van der Waals surface area contributed by atoms with Gasteiger partial charge in [0, 0.05) is 23.0 Å². The van der Waals surface area contributed by atoms with E-state index in [0.29, 0.717) is 23.4 Å². The van der Waals surface area contributed by atoms with Crippen molar-refractivity contribution >= 4 is 46.3 Å². The molecule has 1 saturated carbocycles. The average Bonchev–Trinajstić information content (AvgIpc) is 3.33. The fraction of sp³-hybridized carbons (Fsp3) is 0.304. The van der Waals surface area contributed by atoms with Gasteiger partial charge in [-0.25, -0.2) is 0 Å². The van der Waals surface area contributed by atoms with E-state index < -0.39 is 23.7 Å². The van der Waals surface area contributed by atoms with E-state index in [1.165, 1.54) is 0 Å². The number of carbonyl (C=O) groups is 4. The molecule has 3 atom stereocenters. The van der Waals surface area contributed by atoms with Crippen LogP contribution in [0.1, 0.15) is 23.2 Å². The summed E-state index contributed by atoms with van der Waals surface area (Å²) in [6.07, 6.45) is 0.903. The predicted molar refractivity (Wildman–Crippen MR) is 118 cm³/mol. The first-order chi connectivity index (χ1) is 14.8. The summed E-state index contributed by atoms with van der Waals surface area (Å²) in [6.45, 7) is 0.0565. The number of carboxylic acids is 1. The van der Waals surface area contributed by atoms with Gasteiger partial charge in [0.15, 0.2) is 5.78 Å². The molecule has 1 saturated heterocycles. The SMILES string of the molecule is O=C(O)[C@H]1[C@H](CN2C(=O)CSC2=O)CC[C@@H]1C(=O)c1ccc(-c2ccc(Cl)cc2)cc1. The molecule has 2 amide bonds. The van der Waals surface area contributed by atoms with Crippen LogP contribution in [-0.2, 0) is 9.59 Å². The van der Waals surface area contributed by atoms with Gasteiger partial charge in [-0.1, -0.05) is 59.8 Å². The lowest BCUT2D eigenvalue weighted by Gasteiger charge is -2.23. The van der Waals surface area contributed by atoms with Crippen molar-refractivity contribution in [2.24, 2.45) is 17.8 Å². The van der Waals surface area contributed by atoms with Crippen LogP contribution >= 0.6 is 23.4 Å². The number of halogens is 1. The minimum atomic E-state index is -1.06. The van der Waals surface area contributed by atoms with E-state index in [9.17, 15) is 24.3 Å². The molecule has 2 aliphatic rings. The van der Waals surface area contributed by atoms with Crippen molar-refractivity contribution < 1.29 is 24.3 Å². The fourth-order valence-electron chi connectivity index (χ4n) is 4.43. The molecule has 31 heavy (non-hydrogen) atoms. The molecule has 2 aromatic rings. The molecule has 8 heteroatoms. The van der Waals surface area contributed by atoms with Gasteiger partial charge in [0.1, 0.15) is 0 Å². The smallest absolute Gasteiger partial charge is 0.307 e. The van der Waals surface area contributed by atoms with Gasteiger partial charge in [0.05, 0.1) is 11.7 Å². The van der Waals surface area contributed by atoms with E-state index >= 15 is 0 Å². The van der Waals surface area contributed by atoms with E-state index in [-0.39, 0.29) is 29.2 Å². The van der Waals surface area contributed by atoms with Crippen LogP contribution in [0.2, 0.25) is 5.02 Å². The van der Waals surface area contributed by atoms with Gasteiger partial charge in [0.2, 0.25) is 5.91 Å². The first-order valence-corrected chi connectivity index (χ1v) is 11.3. The summed E-state index contributed by atoms with van der Waals surface area (Å²) in [5.41, 5.74) is 2.35. The standard InChI is InChI=1S/C23H20ClNO5S/c24-17-8-5-14(6-9-17)13-1-3-15(4-2-13)21(27)18-10-7-16(20(18)22(28)29)11-25-19(26)12-31-23(25)30/h1-6,8-9,16,18,20H,7,10-12H2,(H,28,29)/t16-,18-,20-/m0/s1. The molecule has 1 heterocycles. The first-order valence-electron chi connectivity index (χ1n) is 9.95. The van der Waals surface area contributed by atoms with Crippen molar-refractivity contribution in [3.63, 3.8) is 0 Å². The van der Waals surface area contributed by atoms with Crippen molar-refractivity contribution in [1.29, 1.82) is 0 Å². The summed E-state index contributed by atoms with van der Waals surface area (Å²) in [4.78, 5) is 50.1. The highest BCUT2D eigenvalue weighted by Gasteiger charge is 2.47. The van der Waals surface area contributed by atoms with Crippen LogP contribution in [0.5, 0.6) is 0 Å². The Balaban J connectivity index is 1.50. The van der Waals surface area contributed by atoms with Crippen LogP contribution in [0.25, 0.3) is 11.1 Å². The van der Waals surface area contributed by atoms with Crippen molar-refractivity contribution in [1.82, 2.24) is 4.90 Å². The first kappa shape index (κ1) is 21.6. The molecule has 0 radical (unpaired) electrons. The molecule has 1 N–H and O–H groups in total. The lowest BCUT2D eigenvalue weighted by molar-refractivity contribution is -0.144. The number of Topliss-reactive ketones (excluding diaryl/α,β-unsaturated/α-hetero) is 1. The number of thioether (sulfide) groups is 1. The highest BCUT2D eigenvalue weighted by Crippen LogP contribution is 2.41. The van der Waals surface area contributed by atoms with Crippen molar-refractivity contribution in [3.8, 4) is 11.1 Å². The summed E-state index contributed by atoms with van der Waals surface area (Å²) in [6, 6.07) is 14.4. The number of carboxylic acid groups (broad SMARTS) is 1. The molecule has 0 bridgehead atoms. The minimum absolute atomic E-state index is 0.0565. The van der Waals surface area contributed by atoms with E-state index in [4.69, 9.17) is 11.6 Å². The summed E-state index contributed by atoms with van der Waals surface area (Å²) in [5.74, 6) is -3.51. The van der Waals surface area contributed by atoms with Gasteiger partial charge in [-0.15, -0.1) is 0 Å². The van der Waals surface area contributed by atoms with Crippen molar-refractivity contribution in [2.45, 2.75) is 12.8 Å². The number of amides is 2. The molecule has 0 unspecified atom stereocenters. The number of carbonyl (C=O) groups excluding carboxylic acids is 3. The second-order valence-electron chi connectivity index (χ2n) is 7.82. The largest absolute Gasteiger partial charge is 0.481 e. The fourth-order valence-corrected chi connectivity index (χ4v) is 5.29. The molecule has 4 rings (SSSR count). The average molecular weight is 458 g/mol. The molecular formula is C23H20ClNO5S. The number of hydrogen-bond donors (Lipinski definition) is 1. The maximum atomic E-state index is 13.1. The van der Waals surface area contributed by atoms with Gasteiger partial charge in [-0.05, 0) is 42.0 Å². The second kappa shape index (κ2) is 8.85. The number of hydrogen-bond acceptors (Lipinski definition) is 5. The number of ketones is 1. The maximum absolute atomic E-state index is 13.1. The third-order valence-corrected chi connectivity index (χ3v) is 7.13. The molecule has 1 aliphatic carbocycles. The van der Waals surface area contributed by atoms with Crippen LogP contribution in [0.15, 0.2) is 48.5 Å². The summed E-state index contributed by atoms with van der Waals surface area (Å²) in [5, 5.41) is 10.1. The lowest BCUT2D eigenvalue weighted by atomic mass is 9.84. The number of nitrogens with zero attached hydrogens (tertiary/aromatic N) is 1. The normalized spacial score (nSPS) is 23.4. The third kappa shape index (κ3) is 4.38. The highest BCUT2D eigenvalue weighted by molar-refractivity contribution is 8.14. The summed E-state index contributed by atoms with van der Waals surface area (Å²) in [7, 11) is 0. The number of aliphatic carboxylic acids is 1. The number of rotatable bonds is 6. The van der Waals surface area contributed by atoms with Gasteiger partial charge in [-0.2, -0.15) is 0 Å². The third-order valence-electron chi connectivity index (χ3n) is 6.02. The monoisotopic (exact) mass is 457 g/mol. The molecule has 0 spiro atoms. The summed E-state index contributed by atoms with van der Waals surface area (Å²) < 4.78 is 0. The van der Waals surface area contributed by atoms with E-state index in [1.54, 1.807) is 24.3 Å². The van der Waals surface area contributed by atoms with Crippen molar-refractivity contribution in [2.75, 3.05) is 12.3 Å². The van der Waals surface area contributed by atoms with Crippen LogP contribution in [-0.4, -0.2) is 45.2 Å². The Bertz CT molecular complexity index is 1020. The number of benzene rings is 2. The zero-order valence-corrected chi connectivity index (χ0v) is 18.1. The molecule has 0 aromatic heterocycles. The van der Waals surface area contributed by atoms with Crippen molar-refractivity contribution in [3.05, 3.63) is 59.1 Å². The Morgan fingerprint density at radius 1 is 1.00 bits per heavy atom. The molecule has 6 nitrogen and oxygen atoms in total. The lowest BCUT2D eigenvalue weighted by Crippen LogP contribution is -2.38. The highest BCUT2D eigenvalue weighted by atomic mass is 35.5. The van der Waals surface area contributed by atoms with Gasteiger partial charge in [0.25, 0.3) is 5.24 Å². The Morgan fingerprint density at radius 3 is 2.16 bits per heavy atom. The molecule has 160 valence electrons. The molecular weight excluding hydrogens is 438 g/mol. The Kier molecular flexibility index (Phi) is 6.16. The van der Waals surface area contributed by atoms with Crippen LogP contribution in [0, 0.1) is 17.8 Å². The molecule has 1 aliphatic heterocycles. The zero-order valence-electron chi connectivity index (χ0n) is 16.5. The Labute approximate surface area is 188 Å². The van der Waals surface area contributed by atoms with Crippen LogP contribution in [0.3, 0.4) is 0 Å². The Hall–Kier alpha value is -2.64. The zero-order chi connectivity index (χ0) is 22.1. The topological polar surface area (TPSA) is 91.8 Å². The summed E-state index contributed by atoms with van der Waals surface area (Å²) >= 11 is 6.85. The second-order valence-corrected chi connectivity index (χ2v) is 9.18. The quantitative estimate of drug-likeness (QED) is 0.637. The van der Waals surface area contributed by atoms with Gasteiger partial charge >= 0.3 is 5.97 Å². The van der Waals surface area contributed by atoms with Gasteiger partial charge < -0.3 is 5.11 Å². The maximum Gasteiger partial charge on any atom is 0.307 e. The number of imide groups is 1. The van der Waals surface area contributed by atoms with Gasteiger partial charge in [-0.3, -0.25) is 24.1 Å². The van der Waals surface area contributed by atoms with Crippen LogP contribution in [0.4, 0.5) is 4.79 Å².